The van der Waals surface area contributed by atoms with Gasteiger partial charge in [0.05, 0.1) is 5.69 Å². The van der Waals surface area contributed by atoms with Crippen LogP contribution in [0.2, 0.25) is 0 Å². The fraction of sp³-hybridized carbons (Fsp3) is 0.400. The molecular formula is C15H18BrFN2S. The molecule has 1 aromatic heterocycles. The molecule has 0 spiro atoms. The van der Waals surface area contributed by atoms with Crippen LogP contribution in [0.1, 0.15) is 24.4 Å². The summed E-state index contributed by atoms with van der Waals surface area (Å²) in [4.78, 5) is 5.66. The van der Waals surface area contributed by atoms with Crippen molar-refractivity contribution in [2.45, 2.75) is 27.3 Å². The minimum absolute atomic E-state index is 0.241. The largest absolute Gasteiger partial charge is 0.312 e. The van der Waals surface area contributed by atoms with Crippen LogP contribution in [-0.4, -0.2) is 11.5 Å². The van der Waals surface area contributed by atoms with E-state index >= 15 is 0 Å². The van der Waals surface area contributed by atoms with E-state index in [1.54, 1.807) is 17.4 Å². The molecule has 0 aliphatic rings. The van der Waals surface area contributed by atoms with E-state index in [0.29, 0.717) is 11.5 Å². The van der Waals surface area contributed by atoms with Crippen molar-refractivity contribution in [1.29, 1.82) is 0 Å². The molecule has 108 valence electrons. The Bertz CT molecular complexity index is 596. The van der Waals surface area contributed by atoms with E-state index in [2.05, 4.69) is 40.1 Å². The number of hydrogen-bond donors (Lipinski definition) is 1. The monoisotopic (exact) mass is 356 g/mol. The van der Waals surface area contributed by atoms with Gasteiger partial charge in [-0.2, -0.15) is 0 Å². The van der Waals surface area contributed by atoms with Crippen LogP contribution in [0.15, 0.2) is 22.7 Å². The molecule has 0 fully saturated rings. The minimum Gasteiger partial charge on any atom is -0.312 e. The number of thiazole rings is 1. The van der Waals surface area contributed by atoms with Gasteiger partial charge in [0.1, 0.15) is 10.8 Å². The Kier molecular flexibility index (Phi) is 5.29. The van der Waals surface area contributed by atoms with Crippen LogP contribution in [0, 0.1) is 18.7 Å². The number of hydrogen-bond acceptors (Lipinski definition) is 3. The Hall–Kier alpha value is -0.780. The number of halogens is 2. The lowest BCUT2D eigenvalue weighted by Crippen LogP contribution is -2.18. The molecule has 1 aromatic carbocycles. The molecule has 0 radical (unpaired) electrons. The van der Waals surface area contributed by atoms with Gasteiger partial charge in [-0.3, -0.25) is 0 Å². The zero-order valence-electron chi connectivity index (χ0n) is 11.8. The first kappa shape index (κ1) is 15.6. The van der Waals surface area contributed by atoms with Crippen molar-refractivity contribution < 1.29 is 4.39 Å². The third kappa shape index (κ3) is 3.87. The summed E-state index contributed by atoms with van der Waals surface area (Å²) < 4.78 is 14.7. The van der Waals surface area contributed by atoms with Gasteiger partial charge in [0.25, 0.3) is 0 Å². The fourth-order valence-electron chi connectivity index (χ4n) is 1.84. The normalized spacial score (nSPS) is 11.3. The molecule has 0 saturated carbocycles. The van der Waals surface area contributed by atoms with Crippen molar-refractivity contribution >= 4 is 27.3 Å². The molecule has 0 amide bonds. The number of aromatic nitrogens is 1. The van der Waals surface area contributed by atoms with E-state index in [1.807, 2.05) is 13.0 Å². The molecule has 0 aliphatic heterocycles. The molecule has 0 aliphatic carbocycles. The lowest BCUT2D eigenvalue weighted by molar-refractivity contribution is 0.554. The number of aryl methyl sites for hydroxylation is 1. The highest BCUT2D eigenvalue weighted by Crippen LogP contribution is 2.31. The second-order valence-corrected chi connectivity index (χ2v) is 7.18. The molecule has 2 aromatic rings. The van der Waals surface area contributed by atoms with Crippen LogP contribution >= 0.6 is 27.3 Å². The van der Waals surface area contributed by atoms with E-state index in [4.69, 9.17) is 0 Å². The zero-order chi connectivity index (χ0) is 14.7. The van der Waals surface area contributed by atoms with Gasteiger partial charge in [0, 0.05) is 21.5 Å². The van der Waals surface area contributed by atoms with E-state index < -0.39 is 0 Å². The van der Waals surface area contributed by atoms with Crippen LogP contribution in [0.4, 0.5) is 4.39 Å². The molecule has 2 nitrogen and oxygen atoms in total. The van der Waals surface area contributed by atoms with Gasteiger partial charge in [0.15, 0.2) is 0 Å². The average molecular weight is 357 g/mol. The van der Waals surface area contributed by atoms with Gasteiger partial charge in [-0.1, -0.05) is 29.8 Å². The fourth-order valence-corrected chi connectivity index (χ4v) is 3.24. The topological polar surface area (TPSA) is 24.9 Å². The maximum absolute atomic E-state index is 14.0. The molecule has 2 rings (SSSR count). The van der Waals surface area contributed by atoms with Gasteiger partial charge >= 0.3 is 0 Å². The molecule has 0 atom stereocenters. The average Bonchev–Trinajstić information content (AvgIpc) is 2.70. The number of benzene rings is 1. The summed E-state index contributed by atoms with van der Waals surface area (Å²) >= 11 is 4.82. The Morgan fingerprint density at radius 3 is 2.80 bits per heavy atom. The van der Waals surface area contributed by atoms with Crippen LogP contribution < -0.4 is 5.32 Å². The van der Waals surface area contributed by atoms with E-state index in [9.17, 15) is 4.39 Å². The summed E-state index contributed by atoms with van der Waals surface area (Å²) in [6.07, 6.45) is 0. The first-order chi connectivity index (χ1) is 9.47. The van der Waals surface area contributed by atoms with Gasteiger partial charge < -0.3 is 5.32 Å². The standard InChI is InChI=1S/C15H18BrFN2S/c1-9(2)7-18-8-14-10(3)19-15(20-14)12-5-4-11(16)6-13(12)17/h4-6,9,18H,7-8H2,1-3H3. The first-order valence-electron chi connectivity index (χ1n) is 6.60. The summed E-state index contributed by atoms with van der Waals surface area (Å²) in [6.45, 7) is 8.09. The zero-order valence-corrected chi connectivity index (χ0v) is 14.2. The molecular weight excluding hydrogens is 339 g/mol. The quantitative estimate of drug-likeness (QED) is 0.834. The highest BCUT2D eigenvalue weighted by molar-refractivity contribution is 9.10. The van der Waals surface area contributed by atoms with Gasteiger partial charge in [-0.25, -0.2) is 9.37 Å². The van der Waals surface area contributed by atoms with Crippen molar-refractivity contribution in [2.75, 3.05) is 6.54 Å². The third-order valence-corrected chi connectivity index (χ3v) is 4.58. The van der Waals surface area contributed by atoms with Crippen molar-refractivity contribution in [3.63, 3.8) is 0 Å². The number of rotatable bonds is 5. The second-order valence-electron chi connectivity index (χ2n) is 5.18. The Balaban J connectivity index is 2.18. The SMILES string of the molecule is Cc1nc(-c2ccc(Br)cc2F)sc1CNCC(C)C. The van der Waals surface area contributed by atoms with Gasteiger partial charge in [-0.05, 0) is 37.6 Å². The molecule has 5 heteroatoms. The number of nitrogens with one attached hydrogen (secondary N) is 1. The maximum Gasteiger partial charge on any atom is 0.134 e. The van der Waals surface area contributed by atoms with Crippen molar-refractivity contribution in [2.24, 2.45) is 5.92 Å². The second kappa shape index (κ2) is 6.78. The van der Waals surface area contributed by atoms with Crippen molar-refractivity contribution in [3.05, 3.63) is 39.1 Å². The minimum atomic E-state index is -0.241. The smallest absolute Gasteiger partial charge is 0.134 e. The summed E-state index contributed by atoms with van der Waals surface area (Å²) in [5, 5.41) is 4.14. The van der Waals surface area contributed by atoms with Crippen LogP contribution in [0.3, 0.4) is 0 Å². The lowest BCUT2D eigenvalue weighted by atomic mass is 10.2. The Morgan fingerprint density at radius 2 is 2.15 bits per heavy atom. The van der Waals surface area contributed by atoms with Crippen LogP contribution in [0.25, 0.3) is 10.6 Å². The van der Waals surface area contributed by atoms with Crippen LogP contribution in [-0.2, 0) is 6.54 Å². The molecule has 1 heterocycles. The molecule has 20 heavy (non-hydrogen) atoms. The molecule has 0 saturated heterocycles. The first-order valence-corrected chi connectivity index (χ1v) is 8.20. The van der Waals surface area contributed by atoms with E-state index in [0.717, 1.165) is 28.3 Å². The highest BCUT2D eigenvalue weighted by atomic mass is 79.9. The van der Waals surface area contributed by atoms with Crippen molar-refractivity contribution in [3.8, 4) is 10.6 Å². The Labute approximate surface area is 131 Å². The third-order valence-electron chi connectivity index (χ3n) is 2.89. The van der Waals surface area contributed by atoms with Crippen molar-refractivity contribution in [1.82, 2.24) is 10.3 Å². The summed E-state index contributed by atoms with van der Waals surface area (Å²) in [5.41, 5.74) is 1.54. The lowest BCUT2D eigenvalue weighted by Gasteiger charge is -2.05. The van der Waals surface area contributed by atoms with E-state index in [1.165, 1.54) is 10.9 Å². The highest BCUT2D eigenvalue weighted by Gasteiger charge is 2.13. The van der Waals surface area contributed by atoms with Gasteiger partial charge in [-0.15, -0.1) is 11.3 Å². The van der Waals surface area contributed by atoms with E-state index in [-0.39, 0.29) is 5.82 Å². The molecule has 0 unspecified atom stereocenters. The molecule has 0 bridgehead atoms. The predicted molar refractivity (Wildman–Crippen MR) is 86.5 cm³/mol. The summed E-state index contributed by atoms with van der Waals surface area (Å²) in [6, 6.07) is 5.08. The molecule has 1 N–H and O–H groups in total. The summed E-state index contributed by atoms with van der Waals surface area (Å²) in [5.74, 6) is 0.376. The Morgan fingerprint density at radius 1 is 1.40 bits per heavy atom. The number of nitrogens with zero attached hydrogens (tertiary/aromatic N) is 1. The van der Waals surface area contributed by atoms with Gasteiger partial charge in [0.2, 0.25) is 0 Å². The summed E-state index contributed by atoms with van der Waals surface area (Å²) in [7, 11) is 0. The van der Waals surface area contributed by atoms with Crippen LogP contribution in [0.5, 0.6) is 0 Å². The predicted octanol–water partition coefficient (Wildman–Crippen LogP) is 4.77. The maximum atomic E-state index is 14.0.